The number of carboxylic acids is 1. The third kappa shape index (κ3) is 4.32. The van der Waals surface area contributed by atoms with Gasteiger partial charge < -0.3 is 10.1 Å². The highest BCUT2D eigenvalue weighted by molar-refractivity contribution is 5.87. The molecule has 2 N–H and O–H groups in total. The van der Waals surface area contributed by atoms with Crippen LogP contribution in [-0.4, -0.2) is 21.0 Å². The number of nitrogens with zero attached hydrogens (tertiary/aromatic N) is 1. The lowest BCUT2D eigenvalue weighted by Gasteiger charge is -2.14. The maximum atomic E-state index is 10.2. The van der Waals surface area contributed by atoms with Crippen LogP contribution in [0.5, 0.6) is 0 Å². The monoisotopic (exact) mass is 322 g/mol. The van der Waals surface area contributed by atoms with Gasteiger partial charge in [-0.15, -0.1) is 0 Å². The van der Waals surface area contributed by atoms with Crippen molar-refractivity contribution in [2.45, 2.75) is 26.7 Å². The average molecular weight is 322 g/mol. The molecule has 0 aliphatic carbocycles. The molecule has 0 fully saturated rings. The summed E-state index contributed by atoms with van der Waals surface area (Å²) >= 11 is 0. The Hall–Kier alpha value is -2.88. The molecule has 1 atom stereocenters. The van der Waals surface area contributed by atoms with E-state index in [9.17, 15) is 4.79 Å². The van der Waals surface area contributed by atoms with Crippen LogP contribution >= 0.6 is 0 Å². The first-order chi connectivity index (χ1) is 11.5. The number of imidazole rings is 1. The Bertz CT molecular complexity index is 781. The first-order valence-electron chi connectivity index (χ1n) is 7.83. The molecule has 3 rings (SSSR count). The highest BCUT2D eigenvalue weighted by Gasteiger charge is 2.12. The smallest absolute Gasteiger partial charge is 0.335 e. The topological polar surface area (TPSA) is 66.0 Å². The lowest BCUT2D eigenvalue weighted by atomic mass is 9.92. The van der Waals surface area contributed by atoms with Crippen LogP contribution in [0.2, 0.25) is 0 Å². The van der Waals surface area contributed by atoms with Crippen LogP contribution < -0.4 is 0 Å². The zero-order valence-corrected chi connectivity index (χ0v) is 14.2. The van der Waals surface area contributed by atoms with Gasteiger partial charge in [-0.1, -0.05) is 43.3 Å². The second kappa shape index (κ2) is 8.11. The van der Waals surface area contributed by atoms with E-state index >= 15 is 0 Å². The maximum absolute atomic E-state index is 10.2. The number of nitrogens with one attached hydrogen (secondary N) is 1. The zero-order chi connectivity index (χ0) is 17.5. The summed E-state index contributed by atoms with van der Waals surface area (Å²) in [6.07, 6.45) is 3.63. The minimum Gasteiger partial charge on any atom is -0.478 e. The van der Waals surface area contributed by atoms with Crippen LogP contribution in [0.25, 0.3) is 0 Å². The van der Waals surface area contributed by atoms with E-state index in [1.54, 1.807) is 36.7 Å². The van der Waals surface area contributed by atoms with E-state index in [1.807, 2.05) is 6.20 Å². The molecule has 0 radical (unpaired) electrons. The summed E-state index contributed by atoms with van der Waals surface area (Å²) in [7, 11) is 0. The average Bonchev–Trinajstić information content (AvgIpc) is 3.13. The van der Waals surface area contributed by atoms with Gasteiger partial charge in [0.15, 0.2) is 0 Å². The van der Waals surface area contributed by atoms with E-state index in [4.69, 9.17) is 5.11 Å². The minimum atomic E-state index is -0.879. The lowest BCUT2D eigenvalue weighted by molar-refractivity contribution is 0.0697. The molecule has 2 aromatic carbocycles. The normalized spacial score (nSPS) is 11.3. The van der Waals surface area contributed by atoms with Gasteiger partial charge in [0.2, 0.25) is 0 Å². The number of aromatic nitrogens is 2. The molecule has 124 valence electrons. The molecule has 4 heteroatoms. The van der Waals surface area contributed by atoms with Crippen molar-refractivity contribution in [2.75, 3.05) is 0 Å². The van der Waals surface area contributed by atoms with E-state index in [1.165, 1.54) is 22.4 Å². The first-order valence-corrected chi connectivity index (χ1v) is 7.83. The third-order valence-electron chi connectivity index (χ3n) is 4.12. The summed E-state index contributed by atoms with van der Waals surface area (Å²) < 4.78 is 0. The largest absolute Gasteiger partial charge is 0.478 e. The van der Waals surface area contributed by atoms with Crippen molar-refractivity contribution in [2.24, 2.45) is 0 Å². The number of rotatable bonds is 3. The van der Waals surface area contributed by atoms with E-state index in [0.29, 0.717) is 11.5 Å². The number of aromatic amines is 1. The first kappa shape index (κ1) is 17.5. The van der Waals surface area contributed by atoms with Gasteiger partial charge in [0, 0.05) is 17.8 Å². The quantitative estimate of drug-likeness (QED) is 0.742. The summed E-state index contributed by atoms with van der Waals surface area (Å²) in [6, 6.07) is 14.8. The Morgan fingerprint density at radius 2 is 1.79 bits per heavy atom. The molecule has 4 nitrogen and oxygen atoms in total. The number of carbonyl (C=O) groups is 1. The van der Waals surface area contributed by atoms with Gasteiger partial charge in [0.05, 0.1) is 11.9 Å². The second-order valence-electron chi connectivity index (χ2n) is 5.69. The molecule has 0 saturated heterocycles. The zero-order valence-electron chi connectivity index (χ0n) is 14.2. The second-order valence-corrected chi connectivity index (χ2v) is 5.69. The van der Waals surface area contributed by atoms with Crippen molar-refractivity contribution >= 4 is 5.97 Å². The van der Waals surface area contributed by atoms with Crippen molar-refractivity contribution in [1.82, 2.24) is 9.97 Å². The summed E-state index contributed by atoms with van der Waals surface area (Å²) in [5.41, 5.74) is 5.60. The van der Waals surface area contributed by atoms with Crippen molar-refractivity contribution in [3.05, 3.63) is 89.0 Å². The lowest BCUT2D eigenvalue weighted by Crippen LogP contribution is -2.00. The third-order valence-corrected chi connectivity index (χ3v) is 4.12. The molecule has 0 spiro atoms. The van der Waals surface area contributed by atoms with Crippen LogP contribution in [-0.2, 0) is 0 Å². The number of benzene rings is 2. The molecule has 3 aromatic rings. The number of aromatic carboxylic acids is 1. The van der Waals surface area contributed by atoms with Gasteiger partial charge >= 0.3 is 5.97 Å². The number of H-pyrrole nitrogens is 1. The summed E-state index contributed by atoms with van der Waals surface area (Å²) in [5.74, 6) is -0.497. The predicted molar refractivity (Wildman–Crippen MR) is 95.4 cm³/mol. The minimum absolute atomic E-state index is 0.331. The molecule has 0 aliphatic heterocycles. The maximum Gasteiger partial charge on any atom is 0.335 e. The fourth-order valence-corrected chi connectivity index (χ4v) is 2.49. The van der Waals surface area contributed by atoms with Crippen molar-refractivity contribution in [1.29, 1.82) is 0 Å². The van der Waals surface area contributed by atoms with Gasteiger partial charge in [-0.05, 0) is 42.7 Å². The molecule has 0 unspecified atom stereocenters. The van der Waals surface area contributed by atoms with Crippen LogP contribution in [0.1, 0.15) is 45.6 Å². The summed E-state index contributed by atoms with van der Waals surface area (Å²) in [5, 5.41) is 8.38. The molecule has 0 bridgehead atoms. The predicted octanol–water partition coefficient (Wildman–Crippen LogP) is 4.56. The van der Waals surface area contributed by atoms with Crippen molar-refractivity contribution in [3.8, 4) is 0 Å². The number of carboxylic acid groups (broad SMARTS) is 1. The Morgan fingerprint density at radius 1 is 1.08 bits per heavy atom. The molecule has 0 aliphatic rings. The van der Waals surface area contributed by atoms with E-state index in [-0.39, 0.29) is 0 Å². The van der Waals surface area contributed by atoms with Gasteiger partial charge in [-0.2, -0.15) is 0 Å². The van der Waals surface area contributed by atoms with E-state index in [2.05, 4.69) is 48.9 Å². The van der Waals surface area contributed by atoms with E-state index < -0.39 is 5.97 Å². The van der Waals surface area contributed by atoms with Gasteiger partial charge in [-0.25, -0.2) is 9.78 Å². The fourth-order valence-electron chi connectivity index (χ4n) is 2.49. The van der Waals surface area contributed by atoms with Gasteiger partial charge in [-0.3, -0.25) is 0 Å². The van der Waals surface area contributed by atoms with Crippen molar-refractivity contribution < 1.29 is 9.90 Å². The number of aryl methyl sites for hydroxylation is 1. The Balaban J connectivity index is 0.000000198. The molecule has 24 heavy (non-hydrogen) atoms. The standard InChI is InChI=1S/C13H16N2.C7H6O2/c1-9-5-4-6-12(10(9)2)11(3)13-7-14-8-15-13;8-7(9)6-4-2-1-3-5-6/h4-8,11H,1-3H3,(H,14,15);1-5H,(H,8,9)/t11-;/m0./s1. The molecule has 1 heterocycles. The highest BCUT2D eigenvalue weighted by atomic mass is 16.4. The summed E-state index contributed by atoms with van der Waals surface area (Å²) in [4.78, 5) is 17.4. The van der Waals surface area contributed by atoms with Gasteiger partial charge in [0.1, 0.15) is 0 Å². The molecule has 0 saturated carbocycles. The Labute approximate surface area is 142 Å². The molecular weight excluding hydrogens is 300 g/mol. The highest BCUT2D eigenvalue weighted by Crippen LogP contribution is 2.26. The Kier molecular flexibility index (Phi) is 5.90. The summed E-state index contributed by atoms with van der Waals surface area (Å²) in [6.45, 7) is 6.53. The molecule has 1 aromatic heterocycles. The molecule has 0 amide bonds. The SMILES string of the molecule is Cc1cccc([C@H](C)c2cnc[nH]2)c1C.O=C(O)c1ccccc1. The van der Waals surface area contributed by atoms with Gasteiger partial charge in [0.25, 0.3) is 0 Å². The molecular formula is C20H22N2O2. The van der Waals surface area contributed by atoms with E-state index in [0.717, 1.165) is 0 Å². The van der Waals surface area contributed by atoms with Crippen LogP contribution in [0.3, 0.4) is 0 Å². The Morgan fingerprint density at radius 3 is 2.33 bits per heavy atom. The van der Waals surface area contributed by atoms with Crippen LogP contribution in [0.15, 0.2) is 61.1 Å². The van der Waals surface area contributed by atoms with Crippen LogP contribution in [0.4, 0.5) is 0 Å². The van der Waals surface area contributed by atoms with Crippen molar-refractivity contribution in [3.63, 3.8) is 0 Å². The number of hydrogen-bond donors (Lipinski definition) is 2. The van der Waals surface area contributed by atoms with Crippen LogP contribution in [0, 0.1) is 13.8 Å². The fraction of sp³-hybridized carbons (Fsp3) is 0.200. The number of hydrogen-bond acceptors (Lipinski definition) is 2.